The maximum atomic E-state index is 12.4. The van der Waals surface area contributed by atoms with Gasteiger partial charge in [-0.2, -0.15) is 5.26 Å². The Kier molecular flexibility index (Phi) is 3.97. The van der Waals surface area contributed by atoms with Crippen LogP contribution in [-0.4, -0.2) is 24.0 Å². The van der Waals surface area contributed by atoms with Crippen molar-refractivity contribution in [3.63, 3.8) is 0 Å². The van der Waals surface area contributed by atoms with Crippen molar-refractivity contribution >= 4 is 17.2 Å². The van der Waals surface area contributed by atoms with Gasteiger partial charge in [-0.15, -0.1) is 0 Å². The normalized spacial score (nSPS) is 24.5. The Morgan fingerprint density at radius 3 is 2.92 bits per heavy atom. The number of benzene rings is 1. The zero-order chi connectivity index (χ0) is 16.5. The maximum absolute atomic E-state index is 12.4. The van der Waals surface area contributed by atoms with Crippen LogP contribution in [-0.2, 0) is 0 Å². The molecule has 1 aromatic heterocycles. The lowest BCUT2D eigenvalue weighted by molar-refractivity contribution is 0.0935. The van der Waals surface area contributed by atoms with Crippen molar-refractivity contribution in [1.82, 2.24) is 10.6 Å². The minimum absolute atomic E-state index is 0.0530. The molecule has 122 valence electrons. The highest BCUT2D eigenvalue weighted by Crippen LogP contribution is 2.32. The Morgan fingerprint density at radius 1 is 1.29 bits per heavy atom. The number of rotatable bonds is 4. The van der Waals surface area contributed by atoms with E-state index >= 15 is 0 Å². The first-order chi connectivity index (χ1) is 11.7. The Balaban J connectivity index is 1.43. The lowest BCUT2D eigenvalue weighted by Gasteiger charge is -2.20. The summed E-state index contributed by atoms with van der Waals surface area (Å²) in [7, 11) is 0. The van der Waals surface area contributed by atoms with E-state index in [0.717, 1.165) is 12.8 Å². The fraction of sp³-hybridized carbons (Fsp3) is 0.333. The maximum Gasteiger partial charge on any atom is 0.261 e. The number of nitrogens with zero attached hydrogens (tertiary/aromatic N) is 1. The number of nitrogens with one attached hydrogen (secondary N) is 2. The number of fused-ring (bicyclic) bond motifs is 2. The van der Waals surface area contributed by atoms with Crippen molar-refractivity contribution in [1.29, 1.82) is 5.26 Å². The standard InChI is InChI=1S/C18H17N3O2S/c19-10-11-3-1-2-4-15(11)23-17-8-7-16(24-17)18(22)21-14-9-12-5-6-13(14)20-12/h1-4,7-8,12-14,20H,5-6,9H2,(H,21,22). The number of nitriles is 1. The SMILES string of the molecule is N#Cc1ccccc1Oc1ccc(C(=O)NC2CC3CCC2N3)s1. The number of carbonyl (C=O) groups excluding carboxylic acids is 1. The van der Waals surface area contributed by atoms with Gasteiger partial charge in [-0.1, -0.05) is 23.5 Å². The van der Waals surface area contributed by atoms with Gasteiger partial charge < -0.3 is 15.4 Å². The van der Waals surface area contributed by atoms with Gasteiger partial charge >= 0.3 is 0 Å². The van der Waals surface area contributed by atoms with Gasteiger partial charge in [0, 0.05) is 18.1 Å². The number of para-hydroxylation sites is 1. The second-order valence-electron chi connectivity index (χ2n) is 6.19. The molecule has 0 radical (unpaired) electrons. The van der Waals surface area contributed by atoms with Crippen LogP contribution < -0.4 is 15.4 Å². The summed E-state index contributed by atoms with van der Waals surface area (Å²) in [6.45, 7) is 0. The van der Waals surface area contributed by atoms with E-state index in [0.29, 0.717) is 33.3 Å². The van der Waals surface area contributed by atoms with Crippen molar-refractivity contribution in [3.05, 3.63) is 46.8 Å². The van der Waals surface area contributed by atoms with E-state index < -0.39 is 0 Å². The van der Waals surface area contributed by atoms with Crippen LogP contribution in [0.2, 0.25) is 0 Å². The average molecular weight is 339 g/mol. The highest BCUT2D eigenvalue weighted by atomic mass is 32.1. The van der Waals surface area contributed by atoms with Crippen molar-refractivity contribution in [3.8, 4) is 16.9 Å². The molecule has 0 aliphatic carbocycles. The van der Waals surface area contributed by atoms with E-state index in [9.17, 15) is 4.79 Å². The number of ether oxygens (including phenoxy) is 1. The molecular formula is C18H17N3O2S. The summed E-state index contributed by atoms with van der Waals surface area (Å²) >= 11 is 1.29. The molecule has 3 heterocycles. The smallest absolute Gasteiger partial charge is 0.261 e. The molecule has 4 rings (SSSR count). The highest BCUT2D eigenvalue weighted by Gasteiger charge is 2.39. The van der Waals surface area contributed by atoms with Gasteiger partial charge in [0.05, 0.1) is 10.4 Å². The number of hydrogen-bond acceptors (Lipinski definition) is 5. The van der Waals surface area contributed by atoms with Gasteiger partial charge in [0.25, 0.3) is 5.91 Å². The second kappa shape index (κ2) is 6.27. The van der Waals surface area contributed by atoms with Crippen LogP contribution in [0.1, 0.15) is 34.5 Å². The first kappa shape index (κ1) is 15.2. The topological polar surface area (TPSA) is 74.1 Å². The summed E-state index contributed by atoms with van der Waals surface area (Å²) < 4.78 is 5.75. The summed E-state index contributed by atoms with van der Waals surface area (Å²) in [6, 6.07) is 13.9. The molecule has 2 saturated heterocycles. The summed E-state index contributed by atoms with van der Waals surface area (Å²) in [4.78, 5) is 13.1. The highest BCUT2D eigenvalue weighted by molar-refractivity contribution is 7.15. The third-order valence-electron chi connectivity index (χ3n) is 4.64. The molecule has 2 aliphatic heterocycles. The molecule has 3 unspecified atom stereocenters. The summed E-state index contributed by atoms with van der Waals surface area (Å²) in [6.07, 6.45) is 3.37. The largest absolute Gasteiger partial charge is 0.445 e. The Bertz CT molecular complexity index is 811. The Morgan fingerprint density at radius 2 is 2.17 bits per heavy atom. The minimum Gasteiger partial charge on any atom is -0.445 e. The van der Waals surface area contributed by atoms with Crippen LogP contribution in [0, 0.1) is 11.3 Å². The molecule has 0 spiro atoms. The van der Waals surface area contributed by atoms with Crippen LogP contribution in [0.15, 0.2) is 36.4 Å². The van der Waals surface area contributed by atoms with Crippen molar-refractivity contribution in [2.75, 3.05) is 0 Å². The predicted octanol–water partition coefficient (Wildman–Crippen LogP) is 3.03. The van der Waals surface area contributed by atoms with Crippen LogP contribution in [0.3, 0.4) is 0 Å². The van der Waals surface area contributed by atoms with E-state index in [-0.39, 0.29) is 11.9 Å². The summed E-state index contributed by atoms with van der Waals surface area (Å²) in [5, 5.41) is 16.4. The number of amides is 1. The van der Waals surface area contributed by atoms with Crippen LogP contribution in [0.4, 0.5) is 0 Å². The molecule has 0 saturated carbocycles. The van der Waals surface area contributed by atoms with E-state index in [4.69, 9.17) is 10.00 Å². The molecule has 1 amide bonds. The molecule has 2 fully saturated rings. The minimum atomic E-state index is -0.0530. The Labute approximate surface area is 144 Å². The van der Waals surface area contributed by atoms with Crippen molar-refractivity contribution in [2.24, 2.45) is 0 Å². The molecule has 2 N–H and O–H groups in total. The molecule has 24 heavy (non-hydrogen) atoms. The van der Waals surface area contributed by atoms with Gasteiger partial charge in [0.2, 0.25) is 0 Å². The lowest BCUT2D eigenvalue weighted by Crippen LogP contribution is -2.42. The number of hydrogen-bond donors (Lipinski definition) is 2. The van der Waals surface area contributed by atoms with Gasteiger partial charge in [0.15, 0.2) is 5.06 Å². The van der Waals surface area contributed by atoms with Crippen molar-refractivity contribution in [2.45, 2.75) is 37.4 Å². The number of carbonyl (C=O) groups is 1. The molecule has 6 heteroatoms. The lowest BCUT2D eigenvalue weighted by atomic mass is 9.95. The van der Waals surface area contributed by atoms with E-state index in [1.54, 1.807) is 30.3 Å². The molecule has 1 aromatic carbocycles. The molecule has 2 bridgehead atoms. The first-order valence-electron chi connectivity index (χ1n) is 8.06. The van der Waals surface area contributed by atoms with Crippen LogP contribution in [0.5, 0.6) is 10.8 Å². The van der Waals surface area contributed by atoms with Gasteiger partial charge in [-0.3, -0.25) is 4.79 Å². The second-order valence-corrected chi connectivity index (χ2v) is 7.24. The third-order valence-corrected chi connectivity index (χ3v) is 5.60. The predicted molar refractivity (Wildman–Crippen MR) is 91.4 cm³/mol. The quantitative estimate of drug-likeness (QED) is 0.898. The average Bonchev–Trinajstić information content (AvgIpc) is 3.32. The molecule has 2 aliphatic rings. The van der Waals surface area contributed by atoms with Crippen molar-refractivity contribution < 1.29 is 9.53 Å². The Hall–Kier alpha value is -2.36. The fourth-order valence-corrected chi connectivity index (χ4v) is 4.25. The van der Waals surface area contributed by atoms with Gasteiger partial charge in [0.1, 0.15) is 11.8 Å². The van der Waals surface area contributed by atoms with Gasteiger partial charge in [-0.05, 0) is 43.5 Å². The molecular weight excluding hydrogens is 322 g/mol. The summed E-state index contributed by atoms with van der Waals surface area (Å²) in [5.74, 6) is 0.453. The van der Waals surface area contributed by atoms with E-state index in [2.05, 4.69) is 16.7 Å². The zero-order valence-electron chi connectivity index (χ0n) is 13.0. The number of thiophene rings is 1. The third kappa shape index (κ3) is 2.88. The van der Waals surface area contributed by atoms with E-state index in [1.165, 1.54) is 17.8 Å². The van der Waals surface area contributed by atoms with Gasteiger partial charge in [-0.25, -0.2) is 0 Å². The molecule has 5 nitrogen and oxygen atoms in total. The van der Waals surface area contributed by atoms with Crippen LogP contribution in [0.25, 0.3) is 0 Å². The molecule has 2 aromatic rings. The zero-order valence-corrected chi connectivity index (χ0v) is 13.8. The first-order valence-corrected chi connectivity index (χ1v) is 8.88. The van der Waals surface area contributed by atoms with Crippen LogP contribution >= 0.6 is 11.3 Å². The monoisotopic (exact) mass is 339 g/mol. The molecule has 3 atom stereocenters. The van der Waals surface area contributed by atoms with E-state index in [1.807, 2.05) is 6.07 Å². The summed E-state index contributed by atoms with van der Waals surface area (Å²) in [5.41, 5.74) is 0.477. The fourth-order valence-electron chi connectivity index (χ4n) is 3.48.